The average Bonchev–Trinajstić information content (AvgIpc) is 3.83. The molecule has 9 aromatic carbocycles. The lowest BCUT2D eigenvalue weighted by atomic mass is 9.80. The summed E-state index contributed by atoms with van der Waals surface area (Å²) in [7, 11) is 0. The molecule has 2 aromatic heterocycles. The molecule has 0 spiro atoms. The second-order valence-electron chi connectivity index (χ2n) is 15.1. The Kier molecular flexibility index (Phi) is 5.60. The van der Waals surface area contributed by atoms with Crippen LogP contribution in [0, 0.1) is 0 Å². The van der Waals surface area contributed by atoms with Gasteiger partial charge in [0.2, 0.25) is 0 Å². The van der Waals surface area contributed by atoms with Crippen LogP contribution in [-0.2, 0) is 5.41 Å². The molecule has 0 saturated carbocycles. The van der Waals surface area contributed by atoms with Crippen LogP contribution in [0.2, 0.25) is 0 Å². The van der Waals surface area contributed by atoms with E-state index >= 15 is 0 Å². The molecule has 0 fully saturated rings. The molecule has 0 unspecified atom stereocenters. The quantitative estimate of drug-likeness (QED) is 0.170. The summed E-state index contributed by atoms with van der Waals surface area (Å²) in [6, 6.07) is 57.4. The largest absolute Gasteiger partial charge is 0.455 e. The molecule has 0 bridgehead atoms. The van der Waals surface area contributed by atoms with Crippen molar-refractivity contribution in [3.05, 3.63) is 169 Å². The van der Waals surface area contributed by atoms with Crippen molar-refractivity contribution < 1.29 is 8.83 Å². The van der Waals surface area contributed by atoms with E-state index in [0.717, 1.165) is 55.0 Å². The summed E-state index contributed by atoms with van der Waals surface area (Å²) < 4.78 is 13.7. The number of hydrogen-bond donors (Lipinski definition) is 0. The van der Waals surface area contributed by atoms with Crippen molar-refractivity contribution in [2.45, 2.75) is 19.3 Å². The Morgan fingerprint density at radius 1 is 0.358 bits per heavy atom. The summed E-state index contributed by atoms with van der Waals surface area (Å²) in [4.78, 5) is 0. The van der Waals surface area contributed by atoms with Crippen molar-refractivity contribution in [1.29, 1.82) is 0 Å². The molecule has 12 rings (SSSR count). The first kappa shape index (κ1) is 29.0. The van der Waals surface area contributed by atoms with Gasteiger partial charge in [-0.15, -0.1) is 0 Å². The molecule has 248 valence electrons. The summed E-state index contributed by atoms with van der Waals surface area (Å²) in [5.41, 5.74) is 13.4. The van der Waals surface area contributed by atoms with E-state index in [2.05, 4.69) is 159 Å². The number of rotatable bonds is 2. The molecular weight excluding hydrogens is 645 g/mol. The Morgan fingerprint density at radius 3 is 1.47 bits per heavy atom. The first-order valence-corrected chi connectivity index (χ1v) is 18.4. The smallest absolute Gasteiger partial charge is 0.147 e. The lowest BCUT2D eigenvalue weighted by Gasteiger charge is -2.23. The molecule has 0 aliphatic heterocycles. The molecule has 1 aliphatic rings. The minimum atomic E-state index is -0.139. The van der Waals surface area contributed by atoms with Gasteiger partial charge in [-0.3, -0.25) is 0 Å². The maximum atomic E-state index is 6.83. The fourth-order valence-electron chi connectivity index (χ4n) is 9.63. The Balaban J connectivity index is 1.20. The average molecular weight is 677 g/mol. The van der Waals surface area contributed by atoms with Crippen LogP contribution in [0.25, 0.3) is 110 Å². The third-order valence-corrected chi connectivity index (χ3v) is 12.0. The number of fused-ring (bicyclic) bond motifs is 13. The molecule has 53 heavy (non-hydrogen) atoms. The van der Waals surface area contributed by atoms with Crippen LogP contribution in [0.1, 0.15) is 25.0 Å². The van der Waals surface area contributed by atoms with E-state index in [1.807, 2.05) is 12.1 Å². The topological polar surface area (TPSA) is 26.3 Å². The van der Waals surface area contributed by atoms with E-state index in [1.165, 1.54) is 65.7 Å². The fourth-order valence-corrected chi connectivity index (χ4v) is 9.63. The summed E-state index contributed by atoms with van der Waals surface area (Å²) in [5.74, 6) is 0. The van der Waals surface area contributed by atoms with Gasteiger partial charge in [0.1, 0.15) is 22.3 Å². The Hall–Kier alpha value is -6.64. The predicted molar refractivity (Wildman–Crippen MR) is 222 cm³/mol. The third kappa shape index (κ3) is 3.77. The first-order valence-electron chi connectivity index (χ1n) is 18.4. The highest BCUT2D eigenvalue weighted by Gasteiger charge is 2.37. The van der Waals surface area contributed by atoms with Gasteiger partial charge in [0, 0.05) is 32.5 Å². The molecule has 0 radical (unpaired) electrons. The lowest BCUT2D eigenvalue weighted by molar-refractivity contribution is 0.658. The van der Waals surface area contributed by atoms with Crippen LogP contribution in [0.15, 0.2) is 167 Å². The van der Waals surface area contributed by atoms with Gasteiger partial charge >= 0.3 is 0 Å². The third-order valence-electron chi connectivity index (χ3n) is 12.0. The van der Waals surface area contributed by atoms with Crippen molar-refractivity contribution in [2.24, 2.45) is 0 Å². The van der Waals surface area contributed by atoms with Crippen molar-refractivity contribution in [2.75, 3.05) is 0 Å². The molecule has 2 heterocycles. The highest BCUT2D eigenvalue weighted by molar-refractivity contribution is 6.29. The number of para-hydroxylation sites is 2. The zero-order chi connectivity index (χ0) is 35.0. The molecule has 0 saturated heterocycles. The second-order valence-corrected chi connectivity index (χ2v) is 15.1. The molecule has 0 N–H and O–H groups in total. The highest BCUT2D eigenvalue weighted by Crippen LogP contribution is 2.54. The zero-order valence-corrected chi connectivity index (χ0v) is 29.3. The van der Waals surface area contributed by atoms with Crippen LogP contribution < -0.4 is 0 Å². The van der Waals surface area contributed by atoms with Crippen LogP contribution in [0.4, 0.5) is 0 Å². The minimum absolute atomic E-state index is 0.139. The fraction of sp³-hybridized carbons (Fsp3) is 0.0588. The number of hydrogen-bond acceptors (Lipinski definition) is 2. The van der Waals surface area contributed by atoms with Crippen molar-refractivity contribution in [3.8, 4) is 33.4 Å². The van der Waals surface area contributed by atoms with E-state index < -0.39 is 0 Å². The van der Waals surface area contributed by atoms with Gasteiger partial charge in [0.25, 0.3) is 0 Å². The van der Waals surface area contributed by atoms with Crippen molar-refractivity contribution in [1.82, 2.24) is 0 Å². The van der Waals surface area contributed by atoms with E-state index in [0.29, 0.717) is 0 Å². The van der Waals surface area contributed by atoms with E-state index in [9.17, 15) is 0 Å². The molecule has 11 aromatic rings. The maximum Gasteiger partial charge on any atom is 0.147 e. The van der Waals surface area contributed by atoms with Gasteiger partial charge in [0.15, 0.2) is 0 Å². The molecule has 2 heteroatoms. The maximum absolute atomic E-state index is 6.83. The Bertz CT molecular complexity index is 3220. The van der Waals surface area contributed by atoms with E-state index in [4.69, 9.17) is 8.83 Å². The summed E-state index contributed by atoms with van der Waals surface area (Å²) in [5, 5.41) is 11.8. The van der Waals surface area contributed by atoms with E-state index in [-0.39, 0.29) is 5.41 Å². The van der Waals surface area contributed by atoms with Crippen LogP contribution >= 0.6 is 0 Å². The van der Waals surface area contributed by atoms with Gasteiger partial charge in [-0.1, -0.05) is 147 Å². The first-order chi connectivity index (χ1) is 26.1. The molecule has 2 nitrogen and oxygen atoms in total. The standard InChI is InChI=1S/C51H32O2/c1-51(2)41-26-24-29-13-3-4-14-31(29)46(41)38-25-23-30(27-42(38)51)45-34-17-5-7-19-36(34)47(37-20-8-6-18-35(37)45)48-49-39(32-15-9-11-21-43(32)52-49)28-40-33-16-10-12-22-44(33)53-50(40)48/h3-28H,1-2H3. The predicted octanol–water partition coefficient (Wildman–Crippen LogP) is 14.6. The van der Waals surface area contributed by atoms with Crippen molar-refractivity contribution >= 4 is 76.2 Å². The van der Waals surface area contributed by atoms with E-state index in [1.54, 1.807) is 0 Å². The number of benzene rings is 9. The number of furan rings is 2. The monoisotopic (exact) mass is 676 g/mol. The normalized spacial score (nSPS) is 13.6. The van der Waals surface area contributed by atoms with Crippen LogP contribution in [-0.4, -0.2) is 0 Å². The summed E-state index contributed by atoms with van der Waals surface area (Å²) in [6.45, 7) is 4.75. The second kappa shape index (κ2) is 10.2. The minimum Gasteiger partial charge on any atom is -0.455 e. The van der Waals surface area contributed by atoms with Gasteiger partial charge in [0.05, 0.1) is 5.56 Å². The molecule has 0 atom stereocenters. The van der Waals surface area contributed by atoms with Crippen LogP contribution in [0.3, 0.4) is 0 Å². The van der Waals surface area contributed by atoms with Gasteiger partial charge in [-0.2, -0.15) is 0 Å². The summed E-state index contributed by atoms with van der Waals surface area (Å²) >= 11 is 0. The van der Waals surface area contributed by atoms with Gasteiger partial charge in [-0.25, -0.2) is 0 Å². The Labute approximate surface area is 305 Å². The highest BCUT2D eigenvalue weighted by atomic mass is 16.3. The lowest BCUT2D eigenvalue weighted by Crippen LogP contribution is -2.15. The molecular formula is C51H32O2. The Morgan fingerprint density at radius 2 is 0.868 bits per heavy atom. The summed E-state index contributed by atoms with van der Waals surface area (Å²) in [6.07, 6.45) is 0. The van der Waals surface area contributed by atoms with Crippen molar-refractivity contribution in [3.63, 3.8) is 0 Å². The van der Waals surface area contributed by atoms with Crippen LogP contribution in [0.5, 0.6) is 0 Å². The molecule has 1 aliphatic carbocycles. The zero-order valence-electron chi connectivity index (χ0n) is 29.3. The molecule has 0 amide bonds. The van der Waals surface area contributed by atoms with Gasteiger partial charge < -0.3 is 8.83 Å². The SMILES string of the molecule is CC1(C)c2cc(-c3c4ccccc4c(-c4c5oc6ccccc6c5cc5c4oc4ccccc45)c4ccccc34)ccc2-c2c1ccc1ccccc21. The van der Waals surface area contributed by atoms with Gasteiger partial charge in [-0.05, 0) is 90.0 Å².